The van der Waals surface area contributed by atoms with Crippen molar-refractivity contribution in [1.29, 1.82) is 0 Å². The van der Waals surface area contributed by atoms with E-state index in [-0.39, 0.29) is 26.1 Å². The first-order valence-corrected chi connectivity index (χ1v) is 8.19. The van der Waals surface area contributed by atoms with Crippen molar-refractivity contribution in [3.63, 3.8) is 0 Å². The number of alkyl halides is 7. The minimum atomic E-state index is -6.63. The molecule has 3 atom stereocenters. The summed E-state index contributed by atoms with van der Waals surface area (Å²) in [5.41, 5.74) is -2.47. The number of Topliss-reactive ketones (excluding diaryl/α,β-unsaturated/α-hetero) is 2. The van der Waals surface area contributed by atoms with Gasteiger partial charge < -0.3 is 4.74 Å². The predicted octanol–water partition coefficient (Wildman–Crippen LogP) is 4.21. The fraction of sp³-hybridized carbons (Fsp3) is 0.765. The summed E-state index contributed by atoms with van der Waals surface area (Å²) in [6.45, 7) is 6.19. The Balaban J connectivity index is 2.42. The number of ether oxygens (including phenoxy) is 1. The number of rotatable bonds is 7. The molecule has 2 saturated carbocycles. The smallest absolute Gasteiger partial charge is 0.376 e. The van der Waals surface area contributed by atoms with Crippen LogP contribution in [0.5, 0.6) is 0 Å². The molecule has 2 aliphatic carbocycles. The Morgan fingerprint density at radius 3 is 2.26 bits per heavy atom. The fourth-order valence-corrected chi connectivity index (χ4v) is 4.42. The Hall–Kier alpha value is -1.45. The van der Waals surface area contributed by atoms with E-state index in [1.165, 1.54) is 19.9 Å². The van der Waals surface area contributed by atoms with Gasteiger partial charge in [0.1, 0.15) is 0 Å². The van der Waals surface area contributed by atoms with Crippen LogP contribution in [0.3, 0.4) is 0 Å². The van der Waals surface area contributed by atoms with Crippen molar-refractivity contribution in [2.45, 2.75) is 44.7 Å². The fourth-order valence-electron chi connectivity index (χ4n) is 4.42. The summed E-state index contributed by atoms with van der Waals surface area (Å²) in [6, 6.07) is 0. The van der Waals surface area contributed by atoms with Gasteiger partial charge in [-0.1, -0.05) is 19.9 Å². The van der Waals surface area contributed by atoms with Crippen LogP contribution >= 0.6 is 0 Å². The maximum atomic E-state index is 13.9. The SMILES string of the molecule is C=CCOC[C@]12CCC(C(C(=O)C(F)(F)C(F)(F)C(F)(F)F)C1=O)C2(C)C. The van der Waals surface area contributed by atoms with Crippen molar-refractivity contribution in [3.05, 3.63) is 12.7 Å². The number of fused-ring (bicyclic) bond motifs is 2. The Morgan fingerprint density at radius 1 is 1.22 bits per heavy atom. The molecule has 0 aromatic carbocycles. The van der Waals surface area contributed by atoms with Gasteiger partial charge in [-0.15, -0.1) is 6.58 Å². The minimum Gasteiger partial charge on any atom is -0.376 e. The summed E-state index contributed by atoms with van der Waals surface area (Å²) in [5, 5.41) is 0. The van der Waals surface area contributed by atoms with E-state index in [4.69, 9.17) is 4.74 Å². The van der Waals surface area contributed by atoms with E-state index in [1.807, 2.05) is 0 Å². The summed E-state index contributed by atoms with van der Waals surface area (Å²) in [6.07, 6.45) is -5.02. The van der Waals surface area contributed by atoms with Crippen LogP contribution in [0.2, 0.25) is 0 Å². The summed E-state index contributed by atoms with van der Waals surface area (Å²) >= 11 is 0. The molecule has 0 radical (unpaired) electrons. The summed E-state index contributed by atoms with van der Waals surface area (Å²) in [4.78, 5) is 24.9. The van der Waals surface area contributed by atoms with Gasteiger partial charge in [0.25, 0.3) is 0 Å². The van der Waals surface area contributed by atoms with Crippen LogP contribution in [0.25, 0.3) is 0 Å². The van der Waals surface area contributed by atoms with Crippen molar-refractivity contribution in [1.82, 2.24) is 0 Å². The summed E-state index contributed by atoms with van der Waals surface area (Å²) in [7, 11) is 0. The second kappa shape index (κ2) is 6.28. The predicted molar refractivity (Wildman–Crippen MR) is 79.4 cm³/mol. The molecular weight excluding hydrogens is 385 g/mol. The maximum Gasteiger partial charge on any atom is 0.460 e. The molecule has 0 aromatic rings. The summed E-state index contributed by atoms with van der Waals surface area (Å²) in [5.74, 6) is -19.7. The molecule has 0 amide bonds. The Bertz CT molecular complexity index is 653. The zero-order chi connectivity index (χ0) is 21.1. The Morgan fingerprint density at radius 2 is 1.78 bits per heavy atom. The molecule has 2 aliphatic rings. The molecule has 2 unspecified atom stereocenters. The van der Waals surface area contributed by atoms with Crippen molar-refractivity contribution >= 4 is 11.6 Å². The topological polar surface area (TPSA) is 43.4 Å². The number of carbonyl (C=O) groups excluding carboxylic acids is 2. The van der Waals surface area contributed by atoms with Crippen molar-refractivity contribution < 1.29 is 45.1 Å². The highest BCUT2D eigenvalue weighted by Gasteiger charge is 2.80. The normalized spacial score (nSPS) is 30.6. The first kappa shape index (κ1) is 21.8. The average molecular weight is 404 g/mol. The van der Waals surface area contributed by atoms with E-state index < -0.39 is 52.3 Å². The van der Waals surface area contributed by atoms with Crippen LogP contribution in [0, 0.1) is 22.7 Å². The third kappa shape index (κ3) is 2.74. The molecule has 0 N–H and O–H groups in total. The first-order valence-electron chi connectivity index (χ1n) is 8.19. The highest BCUT2D eigenvalue weighted by atomic mass is 19.4. The van der Waals surface area contributed by atoms with Gasteiger partial charge in [-0.25, -0.2) is 0 Å². The number of hydrogen-bond donors (Lipinski definition) is 0. The number of halogens is 7. The van der Waals surface area contributed by atoms with E-state index in [0.29, 0.717) is 0 Å². The molecule has 3 nitrogen and oxygen atoms in total. The molecule has 2 bridgehead atoms. The number of hydrogen-bond acceptors (Lipinski definition) is 3. The van der Waals surface area contributed by atoms with Crippen LogP contribution in [-0.4, -0.2) is 42.8 Å². The van der Waals surface area contributed by atoms with Gasteiger partial charge in [0, 0.05) is 0 Å². The lowest BCUT2D eigenvalue weighted by Gasteiger charge is -2.35. The lowest BCUT2D eigenvalue weighted by atomic mass is 9.69. The average Bonchev–Trinajstić information content (AvgIpc) is 2.87. The van der Waals surface area contributed by atoms with Gasteiger partial charge in [-0.05, 0) is 24.2 Å². The van der Waals surface area contributed by atoms with Crippen molar-refractivity contribution in [3.8, 4) is 0 Å². The molecular formula is C17H19F7O3. The van der Waals surface area contributed by atoms with E-state index in [9.17, 15) is 40.3 Å². The number of ketones is 2. The van der Waals surface area contributed by atoms with Crippen molar-refractivity contribution in [2.75, 3.05) is 13.2 Å². The first-order chi connectivity index (χ1) is 12.1. The van der Waals surface area contributed by atoms with Crippen molar-refractivity contribution in [2.24, 2.45) is 22.7 Å². The molecule has 10 heteroatoms. The van der Waals surface area contributed by atoms with E-state index in [0.717, 1.165) is 0 Å². The quantitative estimate of drug-likeness (QED) is 0.276. The van der Waals surface area contributed by atoms with Gasteiger partial charge in [0.15, 0.2) is 5.78 Å². The second-order valence-electron chi connectivity index (χ2n) is 7.61. The Kier molecular flexibility index (Phi) is 5.08. The highest BCUT2D eigenvalue weighted by molar-refractivity contribution is 6.11. The maximum absolute atomic E-state index is 13.9. The lowest BCUT2D eigenvalue weighted by molar-refractivity contribution is -0.344. The van der Waals surface area contributed by atoms with Gasteiger partial charge in [-0.2, -0.15) is 30.7 Å². The molecule has 2 fully saturated rings. The number of carbonyl (C=O) groups is 2. The van der Waals surface area contributed by atoms with Gasteiger partial charge >= 0.3 is 18.0 Å². The molecule has 0 heterocycles. The highest BCUT2D eigenvalue weighted by Crippen LogP contribution is 2.67. The van der Waals surface area contributed by atoms with Gasteiger partial charge in [0.2, 0.25) is 5.78 Å². The van der Waals surface area contributed by atoms with Crippen LogP contribution in [0.1, 0.15) is 26.7 Å². The second-order valence-corrected chi connectivity index (χ2v) is 7.61. The van der Waals surface area contributed by atoms with E-state index >= 15 is 0 Å². The molecule has 0 aromatic heterocycles. The molecule has 154 valence electrons. The molecule has 0 spiro atoms. The zero-order valence-corrected chi connectivity index (χ0v) is 14.6. The third-order valence-electron chi connectivity index (χ3n) is 6.13. The lowest BCUT2D eigenvalue weighted by Crippen LogP contribution is -2.59. The summed E-state index contributed by atoms with van der Waals surface area (Å²) < 4.78 is 96.8. The van der Waals surface area contributed by atoms with E-state index in [2.05, 4.69) is 6.58 Å². The molecule has 2 rings (SSSR count). The van der Waals surface area contributed by atoms with Gasteiger partial charge in [0.05, 0.1) is 24.5 Å². The van der Waals surface area contributed by atoms with Crippen LogP contribution in [-0.2, 0) is 14.3 Å². The van der Waals surface area contributed by atoms with Gasteiger partial charge in [-0.3, -0.25) is 9.59 Å². The van der Waals surface area contributed by atoms with Crippen LogP contribution in [0.4, 0.5) is 30.7 Å². The molecule has 0 aliphatic heterocycles. The third-order valence-corrected chi connectivity index (χ3v) is 6.13. The molecule has 27 heavy (non-hydrogen) atoms. The Labute approximate surface area is 150 Å². The monoisotopic (exact) mass is 404 g/mol. The van der Waals surface area contributed by atoms with Crippen LogP contribution < -0.4 is 0 Å². The van der Waals surface area contributed by atoms with Crippen LogP contribution in [0.15, 0.2) is 12.7 Å². The standard InChI is InChI=1S/C17H19F7O3/c1-4-7-27-8-14-6-5-9(13(14,2)3)10(11(14)25)12(26)15(18,19)16(20,21)17(22,23)24/h4,9-10H,1,5-8H2,2-3H3/t9?,10?,14-/m1/s1. The zero-order valence-electron chi connectivity index (χ0n) is 14.6. The van der Waals surface area contributed by atoms with E-state index in [1.54, 1.807) is 0 Å². The minimum absolute atomic E-state index is 0.0245. The largest absolute Gasteiger partial charge is 0.460 e. The molecule has 0 saturated heterocycles.